The van der Waals surface area contributed by atoms with Crippen LogP contribution in [-0.4, -0.2) is 19.8 Å². The lowest BCUT2D eigenvalue weighted by molar-refractivity contribution is -0.0665. The minimum atomic E-state index is -4.75. The zero-order valence-electron chi connectivity index (χ0n) is 4.54. The first-order valence-corrected chi connectivity index (χ1v) is 3.38. The Morgan fingerprint density at radius 3 is 2.11 bits per heavy atom. The average Bonchev–Trinajstić information content (AvgIpc) is 1.65. The second-order valence-electron chi connectivity index (χ2n) is 1.04. The van der Waals surface area contributed by atoms with Crippen molar-refractivity contribution in [3.05, 3.63) is 0 Å². The Hall–Kier alpha value is -0.270. The Balaban J connectivity index is 4.05. The fourth-order valence-corrected chi connectivity index (χ4v) is 0.566. The lowest BCUT2D eigenvalue weighted by Gasteiger charge is -1.99. The van der Waals surface area contributed by atoms with E-state index in [0.29, 0.717) is 0 Å². The van der Waals surface area contributed by atoms with Gasteiger partial charge >= 0.3 is 10.3 Å². The van der Waals surface area contributed by atoms with E-state index in [-0.39, 0.29) is 6.61 Å². The molecule has 0 amide bonds. The van der Waals surface area contributed by atoms with Crippen molar-refractivity contribution in [3.8, 4) is 0 Å². The van der Waals surface area contributed by atoms with Gasteiger partial charge < -0.3 is 0 Å². The summed E-state index contributed by atoms with van der Waals surface area (Å²) in [7, 11) is -4.75. The second-order valence-corrected chi connectivity index (χ2v) is 2.40. The molecule has 0 N–H and O–H groups in total. The van der Waals surface area contributed by atoms with Crippen LogP contribution in [0.4, 0.5) is 8.96 Å². The lowest BCUT2D eigenvalue weighted by atomic mass is 10.9. The van der Waals surface area contributed by atoms with Crippen LogP contribution < -0.4 is 0 Å². The molecule has 0 saturated heterocycles. The van der Waals surface area contributed by atoms with Crippen molar-refractivity contribution in [1.29, 1.82) is 0 Å². The highest BCUT2D eigenvalue weighted by molar-refractivity contribution is 7.84. The first-order chi connectivity index (χ1) is 4.00. The van der Waals surface area contributed by atoms with Gasteiger partial charge in [-0.2, -0.15) is 8.42 Å². The molecule has 0 aromatic heterocycles. The summed E-state index contributed by atoms with van der Waals surface area (Å²) in [5.41, 5.74) is 0. The van der Waals surface area contributed by atoms with Crippen molar-refractivity contribution in [2.75, 3.05) is 6.61 Å². The molecule has 4 nitrogen and oxygen atoms in total. The third-order valence-electron chi connectivity index (χ3n) is 0.436. The third-order valence-corrected chi connectivity index (χ3v) is 1.31. The molecule has 0 saturated carbocycles. The SMILES string of the molecule is CCOS(=O)(=O)N(F)F. The van der Waals surface area contributed by atoms with Crippen LogP contribution in [0.2, 0.25) is 0 Å². The van der Waals surface area contributed by atoms with E-state index < -0.39 is 15.1 Å². The summed E-state index contributed by atoms with van der Waals surface area (Å²) < 4.78 is 43.7. The van der Waals surface area contributed by atoms with Crippen LogP contribution in [0.15, 0.2) is 0 Å². The normalized spacial score (nSPS) is 12.4. The van der Waals surface area contributed by atoms with Crippen molar-refractivity contribution >= 4 is 10.3 Å². The molecular weight excluding hydrogens is 156 g/mol. The first kappa shape index (κ1) is 8.73. The predicted octanol–water partition coefficient (Wildman–Crippen LogP) is 0.339. The van der Waals surface area contributed by atoms with Crippen LogP contribution in [0, 0.1) is 0 Å². The van der Waals surface area contributed by atoms with E-state index in [0.717, 1.165) is 0 Å². The molecule has 0 rings (SSSR count). The van der Waals surface area contributed by atoms with Crippen LogP contribution in [0.25, 0.3) is 0 Å². The summed E-state index contributed by atoms with van der Waals surface area (Å²) in [4.78, 5) is 0. The molecule has 0 aliphatic heterocycles. The standard InChI is InChI=1S/C2H5F2NO3S/c1-2-8-9(6,7)5(3)4/h2H2,1H3. The van der Waals surface area contributed by atoms with Gasteiger partial charge in [0.15, 0.2) is 4.75 Å². The number of hydrogen-bond donors (Lipinski definition) is 0. The molecular formula is C2H5F2NO3S. The van der Waals surface area contributed by atoms with Crippen molar-refractivity contribution in [2.24, 2.45) is 0 Å². The largest absolute Gasteiger partial charge is 0.393 e. The van der Waals surface area contributed by atoms with Gasteiger partial charge in [0.2, 0.25) is 0 Å². The molecule has 0 aliphatic carbocycles. The van der Waals surface area contributed by atoms with Gasteiger partial charge in [-0.05, 0) is 6.92 Å². The molecule has 7 heteroatoms. The quantitative estimate of drug-likeness (QED) is 0.560. The molecule has 0 spiro atoms. The van der Waals surface area contributed by atoms with Gasteiger partial charge in [0, 0.05) is 0 Å². The molecule has 0 bridgehead atoms. The van der Waals surface area contributed by atoms with Gasteiger partial charge in [0.05, 0.1) is 6.61 Å². The van der Waals surface area contributed by atoms with E-state index in [9.17, 15) is 17.4 Å². The monoisotopic (exact) mass is 161 g/mol. The van der Waals surface area contributed by atoms with Crippen LogP contribution in [0.3, 0.4) is 0 Å². The number of rotatable bonds is 3. The fourth-order valence-electron chi connectivity index (χ4n) is 0.189. The van der Waals surface area contributed by atoms with E-state index in [1.807, 2.05) is 0 Å². The molecule has 56 valence electrons. The van der Waals surface area contributed by atoms with Gasteiger partial charge in [-0.15, -0.1) is 0 Å². The van der Waals surface area contributed by atoms with Crippen molar-refractivity contribution in [1.82, 2.24) is 4.75 Å². The highest BCUT2D eigenvalue weighted by atomic mass is 32.2. The molecule has 0 aromatic rings. The molecule has 9 heavy (non-hydrogen) atoms. The lowest BCUT2D eigenvalue weighted by Crippen LogP contribution is -2.17. The number of halogens is 2. The summed E-state index contributed by atoms with van der Waals surface area (Å²) in [6.45, 7) is 0.994. The van der Waals surface area contributed by atoms with Crippen LogP contribution in [0.1, 0.15) is 6.92 Å². The summed E-state index contributed by atoms with van der Waals surface area (Å²) in [5.74, 6) is 0. The number of nitrogens with zero attached hydrogens (tertiary/aromatic N) is 1. The minimum Gasteiger partial charge on any atom is -0.255 e. The molecule has 0 aromatic carbocycles. The Morgan fingerprint density at radius 1 is 1.56 bits per heavy atom. The van der Waals surface area contributed by atoms with Gasteiger partial charge in [-0.1, -0.05) is 8.96 Å². The predicted molar refractivity (Wildman–Crippen MR) is 24.6 cm³/mol. The van der Waals surface area contributed by atoms with Crippen LogP contribution in [0.5, 0.6) is 0 Å². The maximum absolute atomic E-state index is 11.1. The average molecular weight is 161 g/mol. The van der Waals surface area contributed by atoms with Crippen molar-refractivity contribution < 1.29 is 21.6 Å². The molecule has 0 atom stereocenters. The molecule has 0 unspecified atom stereocenters. The van der Waals surface area contributed by atoms with Crippen molar-refractivity contribution in [2.45, 2.75) is 6.92 Å². The van der Waals surface area contributed by atoms with E-state index >= 15 is 0 Å². The fraction of sp³-hybridized carbons (Fsp3) is 1.00. The van der Waals surface area contributed by atoms with Gasteiger partial charge in [0.25, 0.3) is 0 Å². The first-order valence-electron chi connectivity index (χ1n) is 2.02. The van der Waals surface area contributed by atoms with Crippen LogP contribution in [-0.2, 0) is 14.5 Å². The maximum atomic E-state index is 11.1. The second kappa shape index (κ2) is 3.04. The van der Waals surface area contributed by atoms with E-state index in [1.165, 1.54) is 6.92 Å². The Morgan fingerprint density at radius 2 is 2.00 bits per heavy atom. The zero-order chi connectivity index (χ0) is 7.49. The van der Waals surface area contributed by atoms with E-state index in [1.54, 1.807) is 0 Å². The zero-order valence-corrected chi connectivity index (χ0v) is 5.36. The number of hydrogen-bond acceptors (Lipinski definition) is 3. The van der Waals surface area contributed by atoms with Gasteiger partial charge in [-0.25, -0.2) is 0 Å². The summed E-state index contributed by atoms with van der Waals surface area (Å²) in [6.07, 6.45) is 0. The molecule has 0 radical (unpaired) electrons. The van der Waals surface area contributed by atoms with Gasteiger partial charge in [-0.3, -0.25) is 4.18 Å². The van der Waals surface area contributed by atoms with Crippen LogP contribution >= 0.6 is 0 Å². The Labute approximate surface area is 51.1 Å². The van der Waals surface area contributed by atoms with Gasteiger partial charge in [0.1, 0.15) is 0 Å². The van der Waals surface area contributed by atoms with Crippen molar-refractivity contribution in [3.63, 3.8) is 0 Å². The maximum Gasteiger partial charge on any atom is 0.393 e. The highest BCUT2D eigenvalue weighted by Gasteiger charge is 2.21. The highest BCUT2D eigenvalue weighted by Crippen LogP contribution is 2.02. The molecule has 0 aliphatic rings. The molecule has 0 fully saturated rings. The Bertz CT molecular complexity index is 165. The summed E-state index contributed by atoms with van der Waals surface area (Å²) in [5, 5.41) is 0. The molecule has 0 heterocycles. The minimum absolute atomic E-state index is 0.299. The Kier molecular flexibility index (Phi) is 2.95. The topological polar surface area (TPSA) is 46.6 Å². The summed E-state index contributed by atoms with van der Waals surface area (Å²) >= 11 is 0. The van der Waals surface area contributed by atoms with E-state index in [4.69, 9.17) is 0 Å². The third kappa shape index (κ3) is 2.68. The van der Waals surface area contributed by atoms with E-state index in [2.05, 4.69) is 4.18 Å². The smallest absolute Gasteiger partial charge is 0.255 e. The summed E-state index contributed by atoms with van der Waals surface area (Å²) in [6, 6.07) is 0.